The van der Waals surface area contributed by atoms with E-state index in [0.29, 0.717) is 17.5 Å². The van der Waals surface area contributed by atoms with E-state index in [4.69, 9.17) is 0 Å². The molecule has 0 radical (unpaired) electrons. The summed E-state index contributed by atoms with van der Waals surface area (Å²) in [6, 6.07) is 17.3. The lowest BCUT2D eigenvalue weighted by Crippen LogP contribution is -2.46. The highest BCUT2D eigenvalue weighted by Gasteiger charge is 2.47. The summed E-state index contributed by atoms with van der Waals surface area (Å²) < 4.78 is 23.5. The van der Waals surface area contributed by atoms with Crippen LogP contribution in [0, 0.1) is 5.41 Å². The van der Waals surface area contributed by atoms with Gasteiger partial charge in [-0.3, -0.25) is 9.59 Å². The summed E-state index contributed by atoms with van der Waals surface area (Å²) >= 11 is 0. The minimum Gasteiger partial charge on any atom is -0.353 e. The second-order valence-corrected chi connectivity index (χ2v) is 13.4. The van der Waals surface area contributed by atoms with Crippen molar-refractivity contribution in [3.05, 3.63) is 65.7 Å². The molecule has 3 fully saturated rings. The molecule has 212 valence electrons. The number of sulfone groups is 1. The summed E-state index contributed by atoms with van der Waals surface area (Å²) in [7, 11) is -3.23. The Hall–Kier alpha value is -2.42. The van der Waals surface area contributed by atoms with Crippen molar-refractivity contribution < 1.29 is 18.0 Å². The summed E-state index contributed by atoms with van der Waals surface area (Å²) in [6.45, 7) is 3.84. The number of carbonyl (C=O) groups excluding carboxylic acids is 2. The van der Waals surface area contributed by atoms with Gasteiger partial charge in [-0.2, -0.15) is 0 Å². The third kappa shape index (κ3) is 6.84. The molecule has 2 aromatic rings. The lowest BCUT2D eigenvalue weighted by Gasteiger charge is -2.38. The highest BCUT2D eigenvalue weighted by atomic mass is 35.5. The molecule has 1 spiro atoms. The number of benzene rings is 2. The maximum atomic E-state index is 13.5. The Morgan fingerprint density at radius 1 is 1.00 bits per heavy atom. The van der Waals surface area contributed by atoms with Crippen molar-refractivity contribution in [2.24, 2.45) is 5.41 Å². The molecule has 1 aliphatic carbocycles. The van der Waals surface area contributed by atoms with Gasteiger partial charge in [-0.1, -0.05) is 42.5 Å². The lowest BCUT2D eigenvalue weighted by atomic mass is 9.77. The number of carbonyl (C=O) groups is 2. The van der Waals surface area contributed by atoms with Crippen LogP contribution >= 0.6 is 12.4 Å². The van der Waals surface area contributed by atoms with E-state index >= 15 is 0 Å². The minimum atomic E-state index is -3.23. The van der Waals surface area contributed by atoms with Crippen molar-refractivity contribution in [2.75, 3.05) is 32.4 Å². The van der Waals surface area contributed by atoms with Gasteiger partial charge in [0.1, 0.15) is 0 Å². The Balaban J connectivity index is 0.00000353. The molecule has 2 amide bonds. The molecule has 2 aromatic carbocycles. The van der Waals surface area contributed by atoms with Crippen LogP contribution in [0.25, 0.3) is 0 Å². The molecule has 1 saturated carbocycles. The molecule has 1 atom stereocenters. The van der Waals surface area contributed by atoms with Crippen molar-refractivity contribution in [3.8, 4) is 0 Å². The van der Waals surface area contributed by atoms with E-state index in [-0.39, 0.29) is 35.6 Å². The number of piperidine rings is 1. The van der Waals surface area contributed by atoms with Crippen molar-refractivity contribution in [2.45, 2.75) is 68.3 Å². The molecule has 2 saturated heterocycles. The predicted octanol–water partition coefficient (Wildman–Crippen LogP) is 4.17. The van der Waals surface area contributed by atoms with Crippen molar-refractivity contribution in [1.82, 2.24) is 15.1 Å². The monoisotopic (exact) mass is 573 g/mol. The number of amides is 2. The summed E-state index contributed by atoms with van der Waals surface area (Å²) in [5.41, 5.74) is 1.74. The van der Waals surface area contributed by atoms with Crippen LogP contribution < -0.4 is 5.32 Å². The molecular weight excluding hydrogens is 534 g/mol. The third-order valence-electron chi connectivity index (χ3n) is 8.84. The van der Waals surface area contributed by atoms with Gasteiger partial charge >= 0.3 is 0 Å². The molecule has 1 unspecified atom stereocenters. The largest absolute Gasteiger partial charge is 0.353 e. The highest BCUT2D eigenvalue weighted by Crippen LogP contribution is 2.42. The van der Waals surface area contributed by atoms with Crippen LogP contribution in [-0.2, 0) is 26.0 Å². The number of likely N-dealkylation sites (tertiary alicyclic amines) is 2. The van der Waals surface area contributed by atoms with Crippen molar-refractivity contribution in [1.29, 1.82) is 0 Å². The van der Waals surface area contributed by atoms with Gasteiger partial charge in [0.25, 0.3) is 0 Å². The number of nitrogens with zero attached hydrogens (tertiary/aromatic N) is 2. The number of halogens is 1. The molecule has 1 N–H and O–H groups in total. The Kier molecular flexibility index (Phi) is 9.40. The minimum absolute atomic E-state index is 0. The van der Waals surface area contributed by atoms with E-state index in [1.807, 2.05) is 35.2 Å². The van der Waals surface area contributed by atoms with Gasteiger partial charge in [0, 0.05) is 25.4 Å². The lowest BCUT2D eigenvalue weighted by molar-refractivity contribution is -0.138. The van der Waals surface area contributed by atoms with Gasteiger partial charge in [0.2, 0.25) is 11.8 Å². The van der Waals surface area contributed by atoms with Gasteiger partial charge in [-0.05, 0) is 87.8 Å². The van der Waals surface area contributed by atoms with E-state index in [1.54, 1.807) is 12.1 Å². The Labute approximate surface area is 238 Å². The van der Waals surface area contributed by atoms with Crippen LogP contribution in [0.15, 0.2) is 59.5 Å². The maximum Gasteiger partial charge on any atom is 0.229 e. The predicted molar refractivity (Wildman–Crippen MR) is 155 cm³/mol. The average molecular weight is 574 g/mol. The van der Waals surface area contributed by atoms with Crippen LogP contribution in [0.5, 0.6) is 0 Å². The summed E-state index contributed by atoms with van der Waals surface area (Å²) in [4.78, 5) is 31.2. The van der Waals surface area contributed by atoms with Gasteiger partial charge in [0.15, 0.2) is 9.84 Å². The molecule has 2 aliphatic heterocycles. The van der Waals surface area contributed by atoms with E-state index in [0.717, 1.165) is 75.8 Å². The van der Waals surface area contributed by atoms with Crippen LogP contribution in [0.2, 0.25) is 0 Å². The van der Waals surface area contributed by atoms with E-state index < -0.39 is 9.84 Å². The van der Waals surface area contributed by atoms with Crippen LogP contribution in [0.1, 0.15) is 62.0 Å². The molecule has 0 aromatic heterocycles. The van der Waals surface area contributed by atoms with Crippen LogP contribution in [-0.4, -0.2) is 68.5 Å². The fourth-order valence-electron chi connectivity index (χ4n) is 6.08. The fraction of sp³-hybridized carbons (Fsp3) is 0.533. The van der Waals surface area contributed by atoms with Crippen molar-refractivity contribution in [3.63, 3.8) is 0 Å². The maximum absolute atomic E-state index is 13.5. The highest BCUT2D eigenvalue weighted by molar-refractivity contribution is 7.90. The third-order valence-corrected chi connectivity index (χ3v) is 9.97. The van der Waals surface area contributed by atoms with Gasteiger partial charge in [-0.15, -0.1) is 12.4 Å². The first-order chi connectivity index (χ1) is 18.2. The fourth-order valence-corrected chi connectivity index (χ4v) is 6.71. The van der Waals surface area contributed by atoms with Gasteiger partial charge < -0.3 is 15.1 Å². The molecular formula is C30H40ClN3O4S. The zero-order valence-corrected chi connectivity index (χ0v) is 24.3. The second kappa shape index (κ2) is 12.4. The van der Waals surface area contributed by atoms with Gasteiger partial charge in [-0.25, -0.2) is 8.42 Å². The zero-order chi connectivity index (χ0) is 26.8. The number of nitrogens with one attached hydrogen (secondary N) is 1. The number of hydrogen-bond acceptors (Lipinski definition) is 5. The molecule has 2 heterocycles. The second-order valence-electron chi connectivity index (χ2n) is 11.4. The summed E-state index contributed by atoms with van der Waals surface area (Å²) in [6.07, 6.45) is 7.91. The Morgan fingerprint density at radius 3 is 2.23 bits per heavy atom. The first-order valence-electron chi connectivity index (χ1n) is 13.9. The zero-order valence-electron chi connectivity index (χ0n) is 22.7. The van der Waals surface area contributed by atoms with Crippen molar-refractivity contribution >= 4 is 34.1 Å². The van der Waals surface area contributed by atoms with Gasteiger partial charge in [0.05, 0.1) is 16.2 Å². The number of hydrogen-bond donors (Lipinski definition) is 1. The molecule has 5 rings (SSSR count). The smallest absolute Gasteiger partial charge is 0.229 e. The van der Waals surface area contributed by atoms with E-state index in [1.165, 1.54) is 12.7 Å². The first-order valence-corrected chi connectivity index (χ1v) is 15.8. The molecule has 39 heavy (non-hydrogen) atoms. The van der Waals surface area contributed by atoms with E-state index in [9.17, 15) is 18.0 Å². The Morgan fingerprint density at radius 2 is 1.64 bits per heavy atom. The van der Waals surface area contributed by atoms with Crippen LogP contribution in [0.4, 0.5) is 0 Å². The number of rotatable bonds is 9. The summed E-state index contributed by atoms with van der Waals surface area (Å²) in [5, 5.41) is 3.25. The summed E-state index contributed by atoms with van der Waals surface area (Å²) in [5.74, 6) is 0.220. The quantitative estimate of drug-likeness (QED) is 0.486. The van der Waals surface area contributed by atoms with Crippen LogP contribution in [0.3, 0.4) is 0 Å². The first kappa shape index (κ1) is 29.6. The Bertz CT molecular complexity index is 1240. The normalized spacial score (nSPS) is 20.3. The van der Waals surface area contributed by atoms with E-state index in [2.05, 4.69) is 22.3 Å². The topological polar surface area (TPSA) is 86.8 Å². The molecule has 3 aliphatic rings. The molecule has 9 heteroatoms. The SMILES string of the molecule is CS(=O)(=O)c1ccc(CN2CCC3(CCN(CCC(C(=O)NC4CCC4)c4ccccc4)CC3)C2=O)cc1.Cl. The average Bonchev–Trinajstić information content (AvgIpc) is 3.17. The molecule has 7 nitrogen and oxygen atoms in total. The molecule has 0 bridgehead atoms. The standard InChI is InChI=1S/C30H39N3O4S.ClH/c1-38(36,37)26-12-10-23(11-13-26)22-33-21-17-30(29(33)35)15-19-32(20-16-30)18-14-27(24-6-3-2-4-7-24)28(34)31-25-8-5-9-25;/h2-4,6-7,10-13,25,27H,5,8-9,14-22H2,1H3,(H,31,34);1H.